The van der Waals surface area contributed by atoms with Crippen LogP contribution in [-0.2, 0) is 0 Å². The van der Waals surface area contributed by atoms with Gasteiger partial charge in [-0.3, -0.25) is 14.6 Å². The van der Waals surface area contributed by atoms with Crippen molar-refractivity contribution in [3.8, 4) is 11.3 Å². The number of nitrogens with zero attached hydrogens (tertiary/aromatic N) is 3. The fraction of sp³-hybridized carbons (Fsp3) is 0.458. The van der Waals surface area contributed by atoms with Crippen molar-refractivity contribution in [2.24, 2.45) is 11.7 Å². The number of rotatable bonds is 4. The molecule has 0 aliphatic heterocycles. The number of fused-ring (bicyclic) bond motifs is 1. The Balaban J connectivity index is 1.62. The molecule has 5 rings (SSSR count). The zero-order chi connectivity index (χ0) is 23.3. The first-order valence-electron chi connectivity index (χ1n) is 11.3. The molecule has 0 saturated heterocycles. The van der Waals surface area contributed by atoms with E-state index in [2.05, 4.69) is 21.9 Å². The molecule has 0 unspecified atom stereocenters. The number of carbonyl (C=O) groups is 1. The first kappa shape index (κ1) is 21.6. The molecule has 9 heteroatoms. The highest BCUT2D eigenvalue weighted by Gasteiger charge is 2.47. The Morgan fingerprint density at radius 3 is 2.55 bits per heavy atom. The number of aromatic nitrogens is 4. The van der Waals surface area contributed by atoms with Crippen molar-refractivity contribution >= 4 is 16.8 Å². The second kappa shape index (κ2) is 7.97. The Labute approximate surface area is 188 Å². The summed E-state index contributed by atoms with van der Waals surface area (Å²) >= 11 is 0. The average Bonchev–Trinajstić information content (AvgIpc) is 2.77. The molecule has 3 aromatic heterocycles. The molecule has 0 atom stereocenters. The second-order valence-corrected chi connectivity index (χ2v) is 9.44. The van der Waals surface area contributed by atoms with Crippen LogP contribution in [-0.4, -0.2) is 31.8 Å². The Kier molecular flexibility index (Phi) is 5.22. The van der Waals surface area contributed by atoms with E-state index in [1.54, 1.807) is 12.3 Å². The highest BCUT2D eigenvalue weighted by Crippen LogP contribution is 2.48. The number of nitrogens with two attached hydrogens (primary N) is 1. The molecule has 3 aromatic rings. The maximum Gasteiger partial charge on any atom is 0.268 e. The predicted molar refractivity (Wildman–Crippen MR) is 119 cm³/mol. The van der Waals surface area contributed by atoms with Gasteiger partial charge in [0, 0.05) is 48.7 Å². The van der Waals surface area contributed by atoms with E-state index < -0.39 is 11.8 Å². The fourth-order valence-electron chi connectivity index (χ4n) is 5.03. The monoisotopic (exact) mass is 453 g/mol. The smallest absolute Gasteiger partial charge is 0.268 e. The van der Waals surface area contributed by atoms with Crippen molar-refractivity contribution in [3.05, 3.63) is 52.0 Å². The molecule has 1 amide bonds. The highest BCUT2D eigenvalue weighted by molar-refractivity contribution is 6.03. The van der Waals surface area contributed by atoms with Gasteiger partial charge in [0.25, 0.3) is 5.91 Å². The van der Waals surface area contributed by atoms with Gasteiger partial charge in [-0.2, -0.15) is 0 Å². The minimum absolute atomic E-state index is 0.0840. The summed E-state index contributed by atoms with van der Waals surface area (Å²) < 4.78 is 26.9. The lowest BCUT2D eigenvalue weighted by molar-refractivity contribution is -0.0885. The standard InChI is InChI=1S/C24H25F2N5O2/c1-12-2-4-13(5-3-12)20-15(11-29-23(31-20)14-9-24(25,26)10-14)17-8-18(32)19-16(30-17)6-7-28-21(19)22(27)33/h6-8,11-14H,2-5,9-10H2,1H3,(H2,27,33)(H,30,32). The SMILES string of the molecule is CC1CCC(c2nc(C3CC(F)(F)C3)ncc2-c2cc(=O)c3c(C(N)=O)nccc3[nH]2)CC1. The lowest BCUT2D eigenvalue weighted by atomic mass is 9.78. The van der Waals surface area contributed by atoms with Crippen molar-refractivity contribution in [1.29, 1.82) is 0 Å². The van der Waals surface area contributed by atoms with Crippen LogP contribution in [0.2, 0.25) is 0 Å². The van der Waals surface area contributed by atoms with Crippen LogP contribution in [0.15, 0.2) is 29.3 Å². The van der Waals surface area contributed by atoms with E-state index in [-0.39, 0.29) is 41.2 Å². The van der Waals surface area contributed by atoms with Crippen molar-refractivity contribution in [2.75, 3.05) is 0 Å². The molecule has 0 radical (unpaired) electrons. The number of alkyl halides is 2. The number of nitrogens with one attached hydrogen (secondary N) is 1. The van der Waals surface area contributed by atoms with E-state index in [4.69, 9.17) is 10.7 Å². The third kappa shape index (κ3) is 4.00. The van der Waals surface area contributed by atoms with Gasteiger partial charge in [-0.05, 0) is 24.8 Å². The molecular weight excluding hydrogens is 428 g/mol. The number of primary amides is 1. The number of pyridine rings is 2. The van der Waals surface area contributed by atoms with Gasteiger partial charge in [-0.1, -0.05) is 19.8 Å². The van der Waals surface area contributed by atoms with Crippen molar-refractivity contribution < 1.29 is 13.6 Å². The van der Waals surface area contributed by atoms with Gasteiger partial charge in [0.1, 0.15) is 11.5 Å². The Morgan fingerprint density at radius 2 is 1.88 bits per heavy atom. The van der Waals surface area contributed by atoms with Crippen LogP contribution >= 0.6 is 0 Å². The van der Waals surface area contributed by atoms with Gasteiger partial charge in [-0.15, -0.1) is 0 Å². The first-order chi connectivity index (χ1) is 15.7. The molecule has 2 fully saturated rings. The van der Waals surface area contributed by atoms with E-state index >= 15 is 0 Å². The first-order valence-corrected chi connectivity index (χ1v) is 11.3. The van der Waals surface area contributed by atoms with Crippen LogP contribution in [0.3, 0.4) is 0 Å². The quantitative estimate of drug-likeness (QED) is 0.612. The number of hydrogen-bond donors (Lipinski definition) is 2. The Hall–Kier alpha value is -3.23. The summed E-state index contributed by atoms with van der Waals surface area (Å²) in [5, 5.41) is 0.135. The molecular formula is C24H25F2N5O2. The second-order valence-electron chi connectivity index (χ2n) is 9.44. The summed E-state index contributed by atoms with van der Waals surface area (Å²) in [5.41, 5.74) is 7.35. The third-order valence-corrected chi connectivity index (χ3v) is 6.96. The molecule has 172 valence electrons. The molecule has 0 spiro atoms. The molecule has 0 bridgehead atoms. The number of amides is 1. The van der Waals surface area contributed by atoms with Gasteiger partial charge in [-0.25, -0.2) is 18.7 Å². The van der Waals surface area contributed by atoms with Crippen LogP contribution in [0.4, 0.5) is 8.78 Å². The average molecular weight is 453 g/mol. The van der Waals surface area contributed by atoms with Crippen LogP contribution in [0.25, 0.3) is 22.2 Å². The van der Waals surface area contributed by atoms with Crippen LogP contribution < -0.4 is 11.2 Å². The fourth-order valence-corrected chi connectivity index (χ4v) is 5.03. The summed E-state index contributed by atoms with van der Waals surface area (Å²) in [6.07, 6.45) is 6.60. The van der Waals surface area contributed by atoms with E-state index in [9.17, 15) is 18.4 Å². The lowest BCUT2D eigenvalue weighted by Crippen LogP contribution is -2.35. The summed E-state index contributed by atoms with van der Waals surface area (Å²) in [6, 6.07) is 3.02. The zero-order valence-electron chi connectivity index (χ0n) is 18.3. The minimum atomic E-state index is -2.65. The van der Waals surface area contributed by atoms with E-state index in [0.29, 0.717) is 28.5 Å². The Bertz CT molecular complexity index is 1290. The van der Waals surface area contributed by atoms with Gasteiger partial charge >= 0.3 is 0 Å². The zero-order valence-corrected chi connectivity index (χ0v) is 18.3. The summed E-state index contributed by atoms with van der Waals surface area (Å²) in [5.74, 6) is -2.53. The maximum absolute atomic E-state index is 13.5. The van der Waals surface area contributed by atoms with Crippen LogP contribution in [0.5, 0.6) is 0 Å². The normalized spacial score (nSPS) is 22.8. The van der Waals surface area contributed by atoms with E-state index in [1.165, 1.54) is 12.3 Å². The topological polar surface area (TPSA) is 115 Å². The molecule has 2 aliphatic rings. The van der Waals surface area contributed by atoms with Gasteiger partial charge in [0.05, 0.1) is 22.3 Å². The largest absolute Gasteiger partial charge is 0.364 e. The van der Waals surface area contributed by atoms with Crippen molar-refractivity contribution in [1.82, 2.24) is 19.9 Å². The molecule has 7 nitrogen and oxygen atoms in total. The molecule has 3 N–H and O–H groups in total. The van der Waals surface area contributed by atoms with Crippen molar-refractivity contribution in [3.63, 3.8) is 0 Å². The van der Waals surface area contributed by atoms with Gasteiger partial charge < -0.3 is 10.7 Å². The van der Waals surface area contributed by atoms with Gasteiger partial charge in [0.15, 0.2) is 5.43 Å². The molecule has 3 heterocycles. The number of carbonyl (C=O) groups excluding carboxylic acids is 1. The third-order valence-electron chi connectivity index (χ3n) is 6.96. The van der Waals surface area contributed by atoms with Crippen molar-refractivity contribution in [2.45, 2.75) is 63.2 Å². The molecule has 2 aliphatic carbocycles. The number of aromatic amines is 1. The summed E-state index contributed by atoms with van der Waals surface area (Å²) in [7, 11) is 0. The number of halogens is 2. The Morgan fingerprint density at radius 1 is 1.15 bits per heavy atom. The predicted octanol–water partition coefficient (Wildman–Crippen LogP) is 4.29. The van der Waals surface area contributed by atoms with Gasteiger partial charge in [0.2, 0.25) is 5.92 Å². The minimum Gasteiger partial charge on any atom is -0.364 e. The molecule has 2 saturated carbocycles. The lowest BCUT2D eigenvalue weighted by Gasteiger charge is -2.34. The maximum atomic E-state index is 13.5. The molecule has 33 heavy (non-hydrogen) atoms. The number of hydrogen-bond acceptors (Lipinski definition) is 5. The summed E-state index contributed by atoms with van der Waals surface area (Å²) in [4.78, 5) is 41.0. The van der Waals surface area contributed by atoms with E-state index in [0.717, 1.165) is 31.4 Å². The van der Waals surface area contributed by atoms with E-state index in [1.807, 2.05) is 0 Å². The molecule has 0 aromatic carbocycles. The van der Waals surface area contributed by atoms with Crippen LogP contribution in [0, 0.1) is 5.92 Å². The van der Waals surface area contributed by atoms with Crippen LogP contribution in [0.1, 0.15) is 79.3 Å². The summed E-state index contributed by atoms with van der Waals surface area (Å²) in [6.45, 7) is 2.23. The highest BCUT2D eigenvalue weighted by atomic mass is 19.3. The number of H-pyrrole nitrogens is 1.